The quantitative estimate of drug-likeness (QED) is 0.785. The molecule has 1 aromatic carbocycles. The number of benzene rings is 1. The second-order valence-electron chi connectivity index (χ2n) is 3.46. The minimum atomic E-state index is -0.0138. The third kappa shape index (κ3) is 2.02. The molecule has 0 saturated carbocycles. The van der Waals surface area contributed by atoms with Crippen molar-refractivity contribution in [1.82, 2.24) is 0 Å². The molecule has 0 spiro atoms. The van der Waals surface area contributed by atoms with E-state index in [4.69, 9.17) is 5.11 Å². The summed E-state index contributed by atoms with van der Waals surface area (Å²) in [6.07, 6.45) is 4.32. The Morgan fingerprint density at radius 1 is 1.40 bits per heavy atom. The lowest BCUT2D eigenvalue weighted by Crippen LogP contribution is -2.32. The minimum absolute atomic E-state index is 0.0138. The number of amides is 1. The topological polar surface area (TPSA) is 40.5 Å². The maximum Gasteiger partial charge on any atom is 0.227 e. The lowest BCUT2D eigenvalue weighted by atomic mass is 10.1. The van der Waals surface area contributed by atoms with Crippen molar-refractivity contribution in [2.24, 2.45) is 0 Å². The lowest BCUT2D eigenvalue weighted by molar-refractivity contribution is -0.118. The fourth-order valence-electron chi connectivity index (χ4n) is 1.78. The van der Waals surface area contributed by atoms with Gasteiger partial charge in [0.1, 0.15) is 0 Å². The van der Waals surface area contributed by atoms with Gasteiger partial charge in [-0.3, -0.25) is 4.79 Å². The molecule has 0 atom stereocenters. The summed E-state index contributed by atoms with van der Waals surface area (Å²) < 4.78 is 0. The molecule has 1 aliphatic heterocycles. The van der Waals surface area contributed by atoms with E-state index in [9.17, 15) is 4.79 Å². The predicted octanol–water partition coefficient (Wildman–Crippen LogP) is 1.24. The van der Waals surface area contributed by atoms with Crippen LogP contribution in [0.25, 0.3) is 0 Å². The van der Waals surface area contributed by atoms with Crippen molar-refractivity contribution in [2.75, 3.05) is 18.1 Å². The van der Waals surface area contributed by atoms with Gasteiger partial charge in [-0.1, -0.05) is 18.2 Å². The first-order valence-corrected chi connectivity index (χ1v) is 5.07. The fraction of sp³-hybridized carbons (Fsp3) is 0.333. The van der Waals surface area contributed by atoms with E-state index in [0.29, 0.717) is 19.4 Å². The van der Waals surface area contributed by atoms with Gasteiger partial charge in [-0.15, -0.1) is 0 Å². The molecule has 2 rings (SSSR count). The summed E-state index contributed by atoms with van der Waals surface area (Å²) in [5.41, 5.74) is 1.81. The molecule has 3 nitrogen and oxygen atoms in total. The molecule has 0 aromatic heterocycles. The fourth-order valence-corrected chi connectivity index (χ4v) is 1.78. The van der Waals surface area contributed by atoms with Gasteiger partial charge in [0.05, 0.1) is 6.61 Å². The number of aliphatic hydroxyl groups is 1. The molecule has 1 amide bonds. The average Bonchev–Trinajstić information content (AvgIpc) is 2.40. The first-order chi connectivity index (χ1) is 7.33. The van der Waals surface area contributed by atoms with Crippen molar-refractivity contribution in [3.8, 4) is 0 Å². The van der Waals surface area contributed by atoms with Gasteiger partial charge in [-0.05, 0) is 18.1 Å². The Kier molecular flexibility index (Phi) is 3.02. The van der Waals surface area contributed by atoms with Crippen LogP contribution < -0.4 is 4.90 Å². The first-order valence-electron chi connectivity index (χ1n) is 5.07. The van der Waals surface area contributed by atoms with E-state index in [1.165, 1.54) is 0 Å². The van der Waals surface area contributed by atoms with E-state index in [2.05, 4.69) is 6.42 Å². The summed E-state index contributed by atoms with van der Waals surface area (Å²) in [7, 11) is 0. The number of aliphatic hydroxyl groups excluding tert-OH is 1. The van der Waals surface area contributed by atoms with Crippen LogP contribution in [-0.4, -0.2) is 24.2 Å². The molecule has 1 heterocycles. The normalized spacial score (nSPS) is 16.1. The van der Waals surface area contributed by atoms with Crippen molar-refractivity contribution in [1.29, 1.82) is 0 Å². The summed E-state index contributed by atoms with van der Waals surface area (Å²) >= 11 is 0. The van der Waals surface area contributed by atoms with Crippen LogP contribution in [0.1, 0.15) is 18.4 Å². The lowest BCUT2D eigenvalue weighted by Gasteiger charge is -2.21. The Labute approximate surface area is 89.3 Å². The Bertz CT molecular complexity index is 362. The highest BCUT2D eigenvalue weighted by molar-refractivity contribution is 5.95. The molecule has 0 bridgehead atoms. The molecule has 1 aromatic rings. The zero-order valence-corrected chi connectivity index (χ0v) is 8.44. The molecule has 78 valence electrons. The molecule has 1 N–H and O–H groups in total. The van der Waals surface area contributed by atoms with Crippen LogP contribution in [0, 0.1) is 6.42 Å². The third-order valence-corrected chi connectivity index (χ3v) is 2.47. The zero-order chi connectivity index (χ0) is 10.7. The van der Waals surface area contributed by atoms with Crippen molar-refractivity contribution in [3.63, 3.8) is 0 Å². The number of hydrogen-bond acceptors (Lipinski definition) is 2. The summed E-state index contributed by atoms with van der Waals surface area (Å²) in [5, 5.41) is 8.94. The van der Waals surface area contributed by atoms with Crippen LogP contribution in [0.5, 0.6) is 0 Å². The number of fused-ring (bicyclic) bond motifs is 1. The number of rotatable bonds is 2. The van der Waals surface area contributed by atoms with Crippen molar-refractivity contribution < 1.29 is 9.90 Å². The molecule has 0 saturated heterocycles. The minimum Gasteiger partial charge on any atom is -0.395 e. The van der Waals surface area contributed by atoms with Gasteiger partial charge in [0.25, 0.3) is 0 Å². The monoisotopic (exact) mass is 203 g/mol. The largest absolute Gasteiger partial charge is 0.395 e. The van der Waals surface area contributed by atoms with Gasteiger partial charge in [0.2, 0.25) is 5.91 Å². The van der Waals surface area contributed by atoms with Gasteiger partial charge in [-0.25, -0.2) is 0 Å². The van der Waals surface area contributed by atoms with E-state index in [1.807, 2.05) is 24.3 Å². The smallest absolute Gasteiger partial charge is 0.227 e. The highest BCUT2D eigenvalue weighted by Gasteiger charge is 2.21. The molecular weight excluding hydrogens is 190 g/mol. The van der Waals surface area contributed by atoms with Crippen LogP contribution in [-0.2, 0) is 4.79 Å². The number of nitrogens with zero attached hydrogens (tertiary/aromatic N) is 1. The van der Waals surface area contributed by atoms with Crippen molar-refractivity contribution in [3.05, 3.63) is 36.2 Å². The number of carbonyl (C=O) groups excluding carboxylic acids is 1. The summed E-state index contributed by atoms with van der Waals surface area (Å²) in [6, 6.07) is 7.65. The third-order valence-electron chi connectivity index (χ3n) is 2.47. The highest BCUT2D eigenvalue weighted by Crippen LogP contribution is 2.27. The number of anilines is 1. The summed E-state index contributed by atoms with van der Waals surface area (Å²) in [4.78, 5) is 13.4. The van der Waals surface area contributed by atoms with E-state index >= 15 is 0 Å². The van der Waals surface area contributed by atoms with Crippen molar-refractivity contribution in [2.45, 2.75) is 12.8 Å². The maximum absolute atomic E-state index is 11.7. The second-order valence-corrected chi connectivity index (χ2v) is 3.46. The standard InChI is InChI=1S/C12H13NO2/c14-9-8-13-11-6-2-1-4-10(11)5-3-7-12(13)15/h1-2,4,6,14H,3,7-9H2. The molecule has 1 aliphatic rings. The SMILES string of the molecule is O=C1CC[C]c2ccccc2N1CCO. The van der Waals surface area contributed by atoms with Crippen molar-refractivity contribution >= 4 is 11.6 Å². The Morgan fingerprint density at radius 2 is 2.20 bits per heavy atom. The van der Waals surface area contributed by atoms with Crippen LogP contribution in [0.2, 0.25) is 0 Å². The van der Waals surface area contributed by atoms with E-state index in [0.717, 1.165) is 11.3 Å². The molecule has 0 unspecified atom stereocenters. The summed E-state index contributed by atoms with van der Waals surface area (Å²) in [6.45, 7) is 0.345. The van der Waals surface area contributed by atoms with Crippen LogP contribution in [0.15, 0.2) is 24.3 Å². The zero-order valence-electron chi connectivity index (χ0n) is 8.44. The van der Waals surface area contributed by atoms with Crippen LogP contribution in [0.4, 0.5) is 5.69 Å². The van der Waals surface area contributed by atoms with Gasteiger partial charge >= 0.3 is 0 Å². The number of carbonyl (C=O) groups is 1. The molecule has 0 fully saturated rings. The molecule has 3 heteroatoms. The first kappa shape index (κ1) is 10.2. The molecule has 2 radical (unpaired) electrons. The summed E-state index contributed by atoms with van der Waals surface area (Å²) in [5.74, 6) is 0.0569. The number of para-hydroxylation sites is 1. The molecule has 15 heavy (non-hydrogen) atoms. The van der Waals surface area contributed by atoms with Gasteiger partial charge in [-0.2, -0.15) is 0 Å². The van der Waals surface area contributed by atoms with Gasteiger partial charge in [0, 0.05) is 25.1 Å². The Hall–Kier alpha value is -1.35. The maximum atomic E-state index is 11.7. The van der Waals surface area contributed by atoms with Gasteiger partial charge < -0.3 is 10.0 Å². The average molecular weight is 203 g/mol. The predicted molar refractivity (Wildman–Crippen MR) is 57.5 cm³/mol. The number of β-amino-alcohol motifs (C(OH)–C–C–N with tert-alkyl or cyclic N) is 1. The molecular formula is C12H13NO2. The molecule has 0 aliphatic carbocycles. The highest BCUT2D eigenvalue weighted by atomic mass is 16.3. The van der Waals surface area contributed by atoms with E-state index in [-0.39, 0.29) is 12.5 Å². The van der Waals surface area contributed by atoms with E-state index in [1.54, 1.807) is 4.90 Å². The van der Waals surface area contributed by atoms with Crippen LogP contribution >= 0.6 is 0 Å². The van der Waals surface area contributed by atoms with Gasteiger partial charge in [0.15, 0.2) is 0 Å². The Balaban J connectivity index is 2.38. The van der Waals surface area contributed by atoms with Crippen LogP contribution in [0.3, 0.4) is 0 Å². The second kappa shape index (κ2) is 4.45. The van der Waals surface area contributed by atoms with E-state index < -0.39 is 0 Å². The Morgan fingerprint density at radius 3 is 3.00 bits per heavy atom. The number of hydrogen-bond donors (Lipinski definition) is 1.